The Balaban J connectivity index is 1.98. The molecule has 22 heavy (non-hydrogen) atoms. The summed E-state index contributed by atoms with van der Waals surface area (Å²) >= 11 is 7.08. The fourth-order valence-corrected chi connectivity index (χ4v) is 5.12. The Morgan fingerprint density at radius 3 is 2.50 bits per heavy atom. The summed E-state index contributed by atoms with van der Waals surface area (Å²) in [5.41, 5.74) is 1.89. The van der Waals surface area contributed by atoms with Crippen LogP contribution in [0.1, 0.15) is 43.7 Å². The topological polar surface area (TPSA) is 55.7 Å². The largest absolute Gasteiger partial charge is 0.386 e. The number of aliphatic hydroxyl groups is 2. The molecular weight excluding hydrogens is 412 g/mol. The number of rotatable bonds is 2. The van der Waals surface area contributed by atoms with Gasteiger partial charge < -0.3 is 15.5 Å². The monoisotopic (exact) mass is 432 g/mol. The number of hydrogen-bond donors (Lipinski definition) is 3. The Morgan fingerprint density at radius 1 is 1.14 bits per heavy atom. The molecule has 1 aliphatic heterocycles. The average Bonchev–Trinajstić information content (AvgIpc) is 2.50. The van der Waals surface area contributed by atoms with Gasteiger partial charge in [-0.2, -0.15) is 0 Å². The van der Waals surface area contributed by atoms with Crippen LogP contribution in [0.15, 0.2) is 21.1 Å². The molecule has 3 atom stereocenters. The second-order valence-corrected chi connectivity index (χ2v) is 8.10. The number of nitrogens with zero attached hydrogens (tertiary/aromatic N) is 1. The van der Waals surface area contributed by atoms with Gasteiger partial charge in [-0.05, 0) is 53.5 Å². The zero-order valence-electron chi connectivity index (χ0n) is 12.6. The van der Waals surface area contributed by atoms with Crippen LogP contribution in [-0.2, 0) is 0 Å². The molecule has 3 N–H and O–H groups in total. The van der Waals surface area contributed by atoms with Gasteiger partial charge in [-0.15, -0.1) is 0 Å². The highest BCUT2D eigenvalue weighted by molar-refractivity contribution is 9.11. The van der Waals surface area contributed by atoms with Crippen molar-refractivity contribution in [2.45, 2.75) is 56.5 Å². The van der Waals surface area contributed by atoms with E-state index >= 15 is 0 Å². The molecule has 1 saturated carbocycles. The first-order valence-electron chi connectivity index (χ1n) is 7.82. The first kappa shape index (κ1) is 16.7. The van der Waals surface area contributed by atoms with Crippen molar-refractivity contribution >= 4 is 37.5 Å². The molecule has 1 fully saturated rings. The predicted molar refractivity (Wildman–Crippen MR) is 94.9 cm³/mol. The van der Waals surface area contributed by atoms with Gasteiger partial charge in [0.1, 0.15) is 6.10 Å². The fraction of sp³-hybridized carbons (Fsp3) is 0.625. The number of halogens is 2. The first-order valence-corrected chi connectivity index (χ1v) is 9.41. The Bertz CT molecular complexity index is 549. The second kappa shape index (κ2) is 6.77. The van der Waals surface area contributed by atoms with Crippen LogP contribution in [0.2, 0.25) is 0 Å². The Hall–Kier alpha value is -0.140. The minimum absolute atomic E-state index is 0.205. The Labute approximate surface area is 148 Å². The van der Waals surface area contributed by atoms with Crippen LogP contribution in [0.5, 0.6) is 0 Å². The van der Waals surface area contributed by atoms with E-state index in [-0.39, 0.29) is 6.04 Å². The summed E-state index contributed by atoms with van der Waals surface area (Å²) in [6.07, 6.45) is 4.31. The first-order chi connectivity index (χ1) is 10.5. The maximum atomic E-state index is 10.6. The van der Waals surface area contributed by atoms with E-state index in [9.17, 15) is 10.2 Å². The molecule has 2 aliphatic rings. The normalized spacial score (nSPS) is 29.3. The number of fused-ring (bicyclic) bond motifs is 1. The van der Waals surface area contributed by atoms with Crippen molar-refractivity contribution in [2.24, 2.45) is 0 Å². The summed E-state index contributed by atoms with van der Waals surface area (Å²) in [4.78, 5) is 2.26. The molecule has 3 unspecified atom stereocenters. The van der Waals surface area contributed by atoms with Crippen LogP contribution < -0.4 is 5.32 Å². The lowest BCUT2D eigenvalue weighted by Crippen LogP contribution is -2.50. The lowest BCUT2D eigenvalue weighted by Gasteiger charge is -2.44. The maximum absolute atomic E-state index is 10.6. The average molecular weight is 434 g/mol. The minimum Gasteiger partial charge on any atom is -0.386 e. The highest BCUT2D eigenvalue weighted by atomic mass is 79.9. The number of nitrogens with one attached hydrogen (secondary N) is 1. The van der Waals surface area contributed by atoms with Crippen LogP contribution in [0, 0.1) is 0 Å². The number of likely N-dealkylation sites (N-methyl/N-ethyl adjacent to an activating group) is 1. The fourth-order valence-electron chi connectivity index (χ4n) is 3.74. The third kappa shape index (κ3) is 3.08. The summed E-state index contributed by atoms with van der Waals surface area (Å²) in [5.74, 6) is 0. The summed E-state index contributed by atoms with van der Waals surface area (Å²) in [6, 6.07) is 4.24. The molecule has 6 heteroatoms. The van der Waals surface area contributed by atoms with E-state index in [1.54, 1.807) is 0 Å². The second-order valence-electron chi connectivity index (χ2n) is 6.33. The molecule has 1 heterocycles. The van der Waals surface area contributed by atoms with Gasteiger partial charge in [-0.25, -0.2) is 0 Å². The molecule has 1 aromatic rings. The van der Waals surface area contributed by atoms with Gasteiger partial charge in [0.2, 0.25) is 0 Å². The van der Waals surface area contributed by atoms with Gasteiger partial charge in [0.05, 0.1) is 11.7 Å². The zero-order valence-corrected chi connectivity index (χ0v) is 15.8. The van der Waals surface area contributed by atoms with E-state index in [1.807, 2.05) is 12.1 Å². The van der Waals surface area contributed by atoms with Crippen molar-refractivity contribution in [1.82, 2.24) is 4.90 Å². The zero-order chi connectivity index (χ0) is 15.9. The molecule has 0 amide bonds. The minimum atomic E-state index is -0.957. The summed E-state index contributed by atoms with van der Waals surface area (Å²) < 4.78 is 1.86. The smallest absolute Gasteiger partial charge is 0.152 e. The number of benzene rings is 1. The van der Waals surface area contributed by atoms with E-state index < -0.39 is 12.3 Å². The van der Waals surface area contributed by atoms with Crippen molar-refractivity contribution in [3.05, 3.63) is 26.6 Å². The summed E-state index contributed by atoms with van der Waals surface area (Å²) in [6.45, 7) is 0. The van der Waals surface area contributed by atoms with Gasteiger partial charge in [0.25, 0.3) is 0 Å². The van der Waals surface area contributed by atoms with Crippen molar-refractivity contribution in [2.75, 3.05) is 12.4 Å². The van der Waals surface area contributed by atoms with E-state index in [1.165, 1.54) is 19.3 Å². The highest BCUT2D eigenvalue weighted by Crippen LogP contribution is 2.43. The van der Waals surface area contributed by atoms with Crippen molar-refractivity contribution < 1.29 is 10.2 Å². The van der Waals surface area contributed by atoms with E-state index in [0.29, 0.717) is 6.04 Å². The third-order valence-corrected chi connectivity index (χ3v) is 6.02. The highest BCUT2D eigenvalue weighted by Gasteiger charge is 2.40. The van der Waals surface area contributed by atoms with Crippen LogP contribution in [-0.4, -0.2) is 40.5 Å². The summed E-state index contributed by atoms with van der Waals surface area (Å²) in [5, 5.41) is 23.8. The molecule has 3 rings (SSSR count). The van der Waals surface area contributed by atoms with E-state index in [2.05, 4.69) is 49.1 Å². The van der Waals surface area contributed by atoms with Gasteiger partial charge in [0.15, 0.2) is 6.23 Å². The lowest BCUT2D eigenvalue weighted by atomic mass is 9.88. The predicted octanol–water partition coefficient (Wildman–Crippen LogP) is 3.62. The molecular formula is C16H22Br2N2O2. The molecule has 0 radical (unpaired) electrons. The molecule has 0 saturated heterocycles. The Kier molecular flexibility index (Phi) is 5.14. The SMILES string of the molecule is CN(C1CCCCC1)C1c2cc(Br)cc(Br)c2NC(O)C1O. The van der Waals surface area contributed by atoms with Crippen LogP contribution in [0.3, 0.4) is 0 Å². The number of aliphatic hydroxyl groups excluding tert-OH is 2. The standard InChI is InChI=1S/C16H22Br2N2O2/c1-20(10-5-3-2-4-6-10)14-11-7-9(17)8-12(18)13(11)19-16(22)15(14)21/h7-8,10,14-16,19,21-22H,2-6H2,1H3. The maximum Gasteiger partial charge on any atom is 0.152 e. The van der Waals surface area contributed by atoms with Crippen molar-refractivity contribution in [1.29, 1.82) is 0 Å². The van der Waals surface area contributed by atoms with Gasteiger partial charge in [-0.3, -0.25) is 4.90 Å². The van der Waals surface area contributed by atoms with Crippen LogP contribution >= 0.6 is 31.9 Å². The summed E-state index contributed by atoms with van der Waals surface area (Å²) in [7, 11) is 2.07. The quantitative estimate of drug-likeness (QED) is 0.666. The van der Waals surface area contributed by atoms with Gasteiger partial charge in [-0.1, -0.05) is 35.2 Å². The number of hydrogen-bond acceptors (Lipinski definition) is 4. The number of anilines is 1. The van der Waals surface area contributed by atoms with E-state index in [0.717, 1.165) is 33.0 Å². The lowest BCUT2D eigenvalue weighted by molar-refractivity contribution is -0.0414. The van der Waals surface area contributed by atoms with Crippen LogP contribution in [0.4, 0.5) is 5.69 Å². The molecule has 0 aromatic heterocycles. The van der Waals surface area contributed by atoms with Crippen molar-refractivity contribution in [3.8, 4) is 0 Å². The Morgan fingerprint density at radius 2 is 1.82 bits per heavy atom. The molecule has 0 spiro atoms. The molecule has 4 nitrogen and oxygen atoms in total. The van der Waals surface area contributed by atoms with Gasteiger partial charge in [0, 0.05) is 15.0 Å². The molecule has 1 aromatic carbocycles. The molecule has 122 valence electrons. The molecule has 1 aliphatic carbocycles. The third-order valence-electron chi connectivity index (χ3n) is 4.93. The van der Waals surface area contributed by atoms with E-state index in [4.69, 9.17) is 0 Å². The van der Waals surface area contributed by atoms with Gasteiger partial charge >= 0.3 is 0 Å². The van der Waals surface area contributed by atoms with Crippen molar-refractivity contribution in [3.63, 3.8) is 0 Å². The molecule has 0 bridgehead atoms. The van der Waals surface area contributed by atoms with Crippen LogP contribution in [0.25, 0.3) is 0 Å².